The molecule has 0 N–H and O–H groups in total. The monoisotopic (exact) mass is 411 g/mol. The second-order valence-electron chi connectivity index (χ2n) is 5.94. The van der Waals surface area contributed by atoms with Crippen LogP contribution in [0.3, 0.4) is 0 Å². The molecular weight excluding hydrogens is 395 g/mol. The quantitative estimate of drug-likeness (QED) is 0.533. The average Bonchev–Trinajstić information content (AvgIpc) is 2.65. The zero-order chi connectivity index (χ0) is 19.1. The molecule has 0 amide bonds. The number of pyridine rings is 3. The van der Waals surface area contributed by atoms with Crippen LogP contribution < -0.4 is 5.44 Å². The lowest BCUT2D eigenvalue weighted by Gasteiger charge is -2.14. The zero-order valence-corrected chi connectivity index (χ0v) is 17.0. The number of fused-ring (bicyclic) bond motifs is 1. The minimum absolute atomic E-state index is 0.1000. The Balaban J connectivity index is 2.14. The van der Waals surface area contributed by atoms with E-state index in [4.69, 9.17) is 23.2 Å². The number of aromatic nitrogens is 3. The molecule has 3 heterocycles. The highest BCUT2D eigenvalue weighted by Gasteiger charge is 2.22. The van der Waals surface area contributed by atoms with Gasteiger partial charge < -0.3 is 4.57 Å². The van der Waals surface area contributed by atoms with E-state index in [-0.39, 0.29) is 10.7 Å². The molecule has 0 spiro atoms. The molecule has 3 rings (SSSR count). The first-order chi connectivity index (χ1) is 12.3. The maximum absolute atomic E-state index is 14.6. The summed E-state index contributed by atoms with van der Waals surface area (Å²) in [6.45, 7) is 5.46. The summed E-state index contributed by atoms with van der Waals surface area (Å²) in [5.41, 5.74) is 2.30. The van der Waals surface area contributed by atoms with Crippen LogP contribution in [0.5, 0.6) is 0 Å². The molecule has 0 fully saturated rings. The van der Waals surface area contributed by atoms with Crippen molar-refractivity contribution in [3.05, 3.63) is 46.0 Å². The van der Waals surface area contributed by atoms with Gasteiger partial charge in [-0.15, -0.1) is 0 Å². The minimum atomic E-state index is -2.49. The van der Waals surface area contributed by atoms with Crippen molar-refractivity contribution in [2.75, 3.05) is 12.3 Å². The molecule has 0 aliphatic heterocycles. The minimum Gasteiger partial charge on any atom is -0.317 e. The van der Waals surface area contributed by atoms with Crippen LogP contribution in [0.15, 0.2) is 24.4 Å². The van der Waals surface area contributed by atoms with Gasteiger partial charge in [-0.1, -0.05) is 37.0 Å². The molecule has 0 saturated heterocycles. The SMILES string of the molecule is CCP(=O)(CC)c1ccc(-c2nc3c(Cl)c(Cl)c(C)nc3cc2F)cn1. The summed E-state index contributed by atoms with van der Waals surface area (Å²) >= 11 is 12.4. The molecule has 0 saturated carbocycles. The summed E-state index contributed by atoms with van der Waals surface area (Å²) in [5, 5.41) is 0.533. The van der Waals surface area contributed by atoms with Crippen LogP contribution in [0.2, 0.25) is 10.0 Å². The standard InChI is InChI=1S/C18H17Cl2FN3OP/c1-4-26(25,5-2)14-7-6-11(9-22-14)17-12(21)8-13-18(24-17)16(20)15(19)10(3)23-13/h6-9H,4-5H2,1-3H3. The number of hydrogen-bond acceptors (Lipinski definition) is 4. The summed E-state index contributed by atoms with van der Waals surface area (Å²) in [7, 11) is -2.49. The maximum atomic E-state index is 14.6. The Morgan fingerprint density at radius 3 is 2.38 bits per heavy atom. The van der Waals surface area contributed by atoms with Crippen LogP contribution in [0, 0.1) is 12.7 Å². The Bertz CT molecular complexity index is 1030. The Morgan fingerprint density at radius 2 is 1.81 bits per heavy atom. The molecule has 0 unspecified atom stereocenters. The van der Waals surface area contributed by atoms with Gasteiger partial charge in [-0.05, 0) is 19.1 Å². The highest BCUT2D eigenvalue weighted by atomic mass is 35.5. The van der Waals surface area contributed by atoms with E-state index in [0.29, 0.717) is 45.1 Å². The van der Waals surface area contributed by atoms with Gasteiger partial charge in [0.2, 0.25) is 0 Å². The van der Waals surface area contributed by atoms with E-state index in [0.717, 1.165) is 0 Å². The van der Waals surface area contributed by atoms with Crippen molar-refractivity contribution in [3.63, 3.8) is 0 Å². The van der Waals surface area contributed by atoms with E-state index in [1.165, 1.54) is 12.3 Å². The summed E-state index contributed by atoms with van der Waals surface area (Å²) in [4.78, 5) is 12.8. The van der Waals surface area contributed by atoms with Gasteiger partial charge in [0.25, 0.3) is 0 Å². The highest BCUT2D eigenvalue weighted by molar-refractivity contribution is 7.71. The molecule has 0 atom stereocenters. The van der Waals surface area contributed by atoms with Gasteiger partial charge in [-0.2, -0.15) is 0 Å². The predicted molar refractivity (Wildman–Crippen MR) is 106 cm³/mol. The van der Waals surface area contributed by atoms with Crippen LogP contribution in [0.1, 0.15) is 19.5 Å². The van der Waals surface area contributed by atoms with Crippen molar-refractivity contribution in [1.29, 1.82) is 0 Å². The van der Waals surface area contributed by atoms with E-state index in [9.17, 15) is 8.96 Å². The van der Waals surface area contributed by atoms with Crippen molar-refractivity contribution in [3.8, 4) is 11.3 Å². The fourth-order valence-corrected chi connectivity index (χ4v) is 4.85. The molecule has 4 nitrogen and oxygen atoms in total. The lowest BCUT2D eigenvalue weighted by atomic mass is 10.1. The van der Waals surface area contributed by atoms with Gasteiger partial charge in [-0.3, -0.25) is 4.98 Å². The average molecular weight is 412 g/mol. The van der Waals surface area contributed by atoms with Crippen LogP contribution >= 0.6 is 30.3 Å². The zero-order valence-electron chi connectivity index (χ0n) is 14.6. The summed E-state index contributed by atoms with van der Waals surface area (Å²) in [6, 6.07) is 4.63. The highest BCUT2D eigenvalue weighted by Crippen LogP contribution is 2.42. The third kappa shape index (κ3) is 3.24. The van der Waals surface area contributed by atoms with Crippen molar-refractivity contribution >= 4 is 46.8 Å². The Hall–Kier alpha value is -1.55. The first-order valence-electron chi connectivity index (χ1n) is 8.17. The first-order valence-corrected chi connectivity index (χ1v) is 11.0. The molecule has 0 aliphatic carbocycles. The van der Waals surface area contributed by atoms with Crippen LogP contribution in [0.4, 0.5) is 4.39 Å². The van der Waals surface area contributed by atoms with Gasteiger partial charge in [0.15, 0.2) is 5.82 Å². The van der Waals surface area contributed by atoms with Crippen LogP contribution in [-0.2, 0) is 4.57 Å². The van der Waals surface area contributed by atoms with E-state index in [2.05, 4.69) is 15.0 Å². The van der Waals surface area contributed by atoms with Gasteiger partial charge >= 0.3 is 0 Å². The summed E-state index contributed by atoms with van der Waals surface area (Å²) in [6.07, 6.45) is 2.57. The molecule has 3 aromatic rings. The maximum Gasteiger partial charge on any atom is 0.151 e. The fraction of sp³-hybridized carbons (Fsp3) is 0.278. The molecule has 0 aliphatic rings. The van der Waals surface area contributed by atoms with Crippen molar-refractivity contribution in [2.24, 2.45) is 0 Å². The van der Waals surface area contributed by atoms with Crippen molar-refractivity contribution < 1.29 is 8.96 Å². The predicted octanol–water partition coefficient (Wildman–Crippen LogP) is 5.47. The molecule has 8 heteroatoms. The number of rotatable bonds is 4. The van der Waals surface area contributed by atoms with Crippen molar-refractivity contribution in [1.82, 2.24) is 15.0 Å². The third-order valence-corrected chi connectivity index (χ3v) is 8.49. The topological polar surface area (TPSA) is 55.7 Å². The normalized spacial score (nSPS) is 11.9. The second kappa shape index (κ2) is 7.22. The van der Waals surface area contributed by atoms with Gasteiger partial charge in [0, 0.05) is 30.2 Å². The second-order valence-corrected chi connectivity index (χ2v) is 10.2. The molecule has 0 bridgehead atoms. The lowest BCUT2D eigenvalue weighted by molar-refractivity contribution is 0.582. The number of aryl methyl sites for hydroxylation is 1. The summed E-state index contributed by atoms with van der Waals surface area (Å²) < 4.78 is 27.3. The molecule has 3 aromatic heterocycles. The Kier molecular flexibility index (Phi) is 5.34. The van der Waals surface area contributed by atoms with Crippen molar-refractivity contribution in [2.45, 2.75) is 20.8 Å². The number of hydrogen-bond donors (Lipinski definition) is 0. The fourth-order valence-electron chi connectivity index (χ4n) is 2.74. The van der Waals surface area contributed by atoms with E-state index in [1.54, 1.807) is 19.1 Å². The molecular formula is C18H17Cl2FN3OP. The lowest BCUT2D eigenvalue weighted by Crippen LogP contribution is -2.12. The van der Waals surface area contributed by atoms with Crippen LogP contribution in [0.25, 0.3) is 22.3 Å². The Morgan fingerprint density at radius 1 is 1.12 bits per heavy atom. The first kappa shape index (κ1) is 19.2. The van der Waals surface area contributed by atoms with Gasteiger partial charge in [0.1, 0.15) is 18.4 Å². The molecule has 26 heavy (non-hydrogen) atoms. The van der Waals surface area contributed by atoms with E-state index < -0.39 is 13.0 Å². The number of nitrogens with zero attached hydrogens (tertiary/aromatic N) is 3. The Labute approximate surface area is 161 Å². The van der Waals surface area contributed by atoms with E-state index >= 15 is 0 Å². The largest absolute Gasteiger partial charge is 0.317 e. The van der Waals surface area contributed by atoms with Gasteiger partial charge in [0.05, 0.1) is 26.7 Å². The van der Waals surface area contributed by atoms with E-state index in [1.807, 2.05) is 13.8 Å². The molecule has 0 radical (unpaired) electrons. The molecule has 0 aromatic carbocycles. The van der Waals surface area contributed by atoms with Crippen LogP contribution in [-0.4, -0.2) is 27.3 Å². The number of halogens is 3. The molecule has 136 valence electrons. The third-order valence-electron chi connectivity index (χ3n) is 4.42. The van der Waals surface area contributed by atoms with Gasteiger partial charge in [-0.25, -0.2) is 14.4 Å². The smallest absolute Gasteiger partial charge is 0.151 e. The summed E-state index contributed by atoms with van der Waals surface area (Å²) in [5.74, 6) is -0.536.